The summed E-state index contributed by atoms with van der Waals surface area (Å²) in [7, 11) is 0. The summed E-state index contributed by atoms with van der Waals surface area (Å²) in [6, 6.07) is 11.8. The topological polar surface area (TPSA) is 71.1 Å². The monoisotopic (exact) mass is 1110 g/mol. The van der Waals surface area contributed by atoms with Gasteiger partial charge in [0.1, 0.15) is 0 Å². The second-order valence-electron chi connectivity index (χ2n) is 18.5. The zero-order valence-corrected chi connectivity index (χ0v) is 43.0. The molecule has 0 saturated heterocycles. The number of halogens is 18. The van der Waals surface area contributed by atoms with Crippen LogP contribution in [0.25, 0.3) is 0 Å². The van der Waals surface area contributed by atoms with E-state index in [0.29, 0.717) is 55.0 Å². The first-order valence-corrected chi connectivity index (χ1v) is 23.3. The fourth-order valence-corrected chi connectivity index (χ4v) is 6.99. The minimum Gasteiger partial charge on any atom is -0.435 e. The molecule has 3 aromatic rings. The van der Waals surface area contributed by atoms with Gasteiger partial charge >= 0.3 is 60.2 Å². The van der Waals surface area contributed by atoms with Crippen LogP contribution in [0, 0.1) is 5.41 Å². The molecule has 428 valence electrons. The number of benzene rings is 3. The van der Waals surface area contributed by atoms with E-state index >= 15 is 0 Å². The Morgan fingerprint density at radius 3 is 0.867 bits per heavy atom. The number of rotatable bonds is 16. The lowest BCUT2D eigenvalue weighted by atomic mass is 9.88. The minimum absolute atomic E-state index is 0.0166. The van der Waals surface area contributed by atoms with Crippen molar-refractivity contribution < 1.29 is 108 Å². The molecule has 24 heteroatoms. The summed E-state index contributed by atoms with van der Waals surface area (Å²) in [6.45, 7) is 17.8. The first kappa shape index (κ1) is 68.3. The van der Waals surface area contributed by atoms with Gasteiger partial charge in [0, 0.05) is 30.2 Å². The Balaban J connectivity index is 0.000000564. The van der Waals surface area contributed by atoms with Crippen molar-refractivity contribution in [1.29, 1.82) is 0 Å². The Hall–Kier alpha value is -4.74. The van der Waals surface area contributed by atoms with Crippen molar-refractivity contribution in [3.63, 3.8) is 0 Å². The van der Waals surface area contributed by atoms with Crippen molar-refractivity contribution in [2.75, 3.05) is 6.61 Å². The Morgan fingerprint density at radius 1 is 0.413 bits per heavy atom. The van der Waals surface area contributed by atoms with Gasteiger partial charge in [0.05, 0.1) is 5.41 Å². The molecule has 3 rings (SSSR count). The van der Waals surface area contributed by atoms with Gasteiger partial charge in [0.25, 0.3) is 5.60 Å². The molecule has 4 atom stereocenters. The number of hydrogen-bond acceptors (Lipinski definition) is 6. The molecule has 0 spiro atoms. The van der Waals surface area contributed by atoms with Gasteiger partial charge in [-0.2, -0.15) is 79.0 Å². The lowest BCUT2D eigenvalue weighted by molar-refractivity contribution is -0.417. The third-order valence-electron chi connectivity index (χ3n) is 12.0. The summed E-state index contributed by atoms with van der Waals surface area (Å²) in [5.74, 6) is -3.32. The highest BCUT2D eigenvalue weighted by molar-refractivity contribution is 5.76. The van der Waals surface area contributed by atoms with Crippen LogP contribution < -0.4 is 0 Å². The van der Waals surface area contributed by atoms with Gasteiger partial charge in [-0.05, 0) is 87.8 Å². The average molecular weight is 1110 g/mol. The molecule has 0 aliphatic rings. The Kier molecular flexibility index (Phi) is 23.3. The molecule has 0 amide bonds. The molecule has 6 nitrogen and oxygen atoms in total. The first-order chi connectivity index (χ1) is 33.9. The van der Waals surface area contributed by atoms with Gasteiger partial charge in [-0.15, -0.1) is 0 Å². The third kappa shape index (κ3) is 15.7. The fraction of sp³-hybridized carbons (Fsp3) is 0.608. The van der Waals surface area contributed by atoms with Crippen LogP contribution in [0.1, 0.15) is 160 Å². The summed E-state index contributed by atoms with van der Waals surface area (Å²) in [5, 5.41) is 0. The summed E-state index contributed by atoms with van der Waals surface area (Å²) < 4.78 is 261. The van der Waals surface area contributed by atoms with Gasteiger partial charge in [0.2, 0.25) is 0 Å². The average Bonchev–Trinajstić information content (AvgIpc) is 3.28. The van der Waals surface area contributed by atoms with Crippen molar-refractivity contribution in [3.05, 3.63) is 106 Å². The number of alkyl halides is 18. The molecule has 0 N–H and O–H groups in total. The zero-order valence-electron chi connectivity index (χ0n) is 43.0. The van der Waals surface area contributed by atoms with Crippen LogP contribution in [0.2, 0.25) is 0 Å². The molecule has 0 saturated carbocycles. The van der Waals surface area contributed by atoms with Crippen LogP contribution in [0.4, 0.5) is 79.0 Å². The normalized spacial score (nSPS) is 15.1. The van der Waals surface area contributed by atoms with Crippen molar-refractivity contribution in [1.82, 2.24) is 0 Å². The predicted molar refractivity (Wildman–Crippen MR) is 241 cm³/mol. The Bertz CT molecular complexity index is 2180. The molecule has 0 aliphatic carbocycles. The first-order valence-electron chi connectivity index (χ1n) is 23.3. The molecule has 0 radical (unpaired) electrons. The van der Waals surface area contributed by atoms with Crippen molar-refractivity contribution in [2.45, 2.75) is 187 Å². The second-order valence-corrected chi connectivity index (χ2v) is 18.5. The zero-order chi connectivity index (χ0) is 58.8. The molecule has 0 aromatic heterocycles. The van der Waals surface area contributed by atoms with E-state index in [1.54, 1.807) is 13.8 Å². The maximum atomic E-state index is 13.7. The van der Waals surface area contributed by atoms with E-state index in [1.807, 2.05) is 27.7 Å². The summed E-state index contributed by atoms with van der Waals surface area (Å²) in [5.41, 5.74) is -16.9. The van der Waals surface area contributed by atoms with Crippen molar-refractivity contribution >= 4 is 11.9 Å². The number of carbonyl (C=O) groups is 2. The molecule has 0 aliphatic heterocycles. The maximum absolute atomic E-state index is 13.7. The molecular weight excluding hydrogens is 1050 g/mol. The van der Waals surface area contributed by atoms with E-state index in [1.165, 1.54) is 71.0 Å². The molecule has 0 heterocycles. The van der Waals surface area contributed by atoms with Crippen LogP contribution in [0.15, 0.2) is 72.8 Å². The molecule has 0 bridgehead atoms. The molecule has 3 aromatic carbocycles. The lowest BCUT2D eigenvalue weighted by Crippen LogP contribution is -2.57. The van der Waals surface area contributed by atoms with Gasteiger partial charge in [-0.25, -0.2) is 0 Å². The standard InChI is InChI=1S/C18H22F6O2.C18H24F6O2.C15H16F6O2/c1-6-11(2)12-7-9-13(10-8-12)16(17(19,20)21,18(22,23)24)26-14(25)15(3,4)5;1-5-12(4)13-8-10-14(11-9-13)16(17(19,20)21,18(22,23)24)26-15(6-2)25-7-3;1-4-9(2)11-5-7-12(8-6-11)13(14(16,17)18,15(19,20)21)23-10(3)22/h7-11H,6H2,1-5H3;8-12,15H,5-7H2,1-4H3;5-9H,4H2,1-3H3. The molecule has 75 heavy (non-hydrogen) atoms. The largest absolute Gasteiger partial charge is 0.442 e. The van der Waals surface area contributed by atoms with Crippen LogP contribution in [-0.2, 0) is 45.3 Å². The fourth-order valence-electron chi connectivity index (χ4n) is 6.99. The quantitative estimate of drug-likeness (QED) is 0.0809. The Labute approximate surface area is 423 Å². The predicted octanol–water partition coefficient (Wildman–Crippen LogP) is 17.5. The minimum atomic E-state index is -5.88. The summed E-state index contributed by atoms with van der Waals surface area (Å²) in [4.78, 5) is 22.9. The van der Waals surface area contributed by atoms with E-state index in [-0.39, 0.29) is 30.8 Å². The van der Waals surface area contributed by atoms with Crippen molar-refractivity contribution in [3.8, 4) is 0 Å². The smallest absolute Gasteiger partial charge is 0.435 e. The number of hydrogen-bond donors (Lipinski definition) is 0. The summed E-state index contributed by atoms with van der Waals surface area (Å²) in [6.07, 6.45) is -34.7. The molecule has 0 fully saturated rings. The summed E-state index contributed by atoms with van der Waals surface area (Å²) >= 11 is 0. The van der Waals surface area contributed by atoms with Gasteiger partial charge in [0.15, 0.2) is 6.29 Å². The second kappa shape index (κ2) is 25.6. The van der Waals surface area contributed by atoms with E-state index in [4.69, 9.17) is 4.74 Å². The third-order valence-corrected chi connectivity index (χ3v) is 12.0. The van der Waals surface area contributed by atoms with Gasteiger partial charge in [-0.1, -0.05) is 121 Å². The van der Waals surface area contributed by atoms with Gasteiger partial charge < -0.3 is 18.9 Å². The highest BCUT2D eigenvalue weighted by atomic mass is 19.4. The molecule has 4 unspecified atom stereocenters. The number of ether oxygens (including phenoxy) is 4. The van der Waals surface area contributed by atoms with E-state index in [0.717, 1.165) is 24.3 Å². The lowest BCUT2D eigenvalue weighted by Gasteiger charge is -2.39. The van der Waals surface area contributed by atoms with E-state index < -0.39 is 94.2 Å². The number of esters is 2. The van der Waals surface area contributed by atoms with Crippen LogP contribution in [-0.4, -0.2) is 61.9 Å². The SMILES string of the molecule is CCC(C)c1ccc(C(OC(=O)C(C)(C)C)(C(F)(F)F)C(F)(F)F)cc1.CCC(C)c1ccc(C(OC(C)=O)(C(F)(F)F)C(F)(F)F)cc1.CCOC(CC)OC(c1ccc(C(C)CC)cc1)(C(F)(F)F)C(F)(F)F. The van der Waals surface area contributed by atoms with Crippen LogP contribution >= 0.6 is 0 Å². The van der Waals surface area contributed by atoms with Crippen LogP contribution in [0.5, 0.6) is 0 Å². The number of carbonyl (C=O) groups excluding carboxylic acids is 2. The van der Waals surface area contributed by atoms with Gasteiger partial charge in [-0.3, -0.25) is 9.59 Å². The van der Waals surface area contributed by atoms with Crippen LogP contribution in [0.3, 0.4) is 0 Å². The maximum Gasteiger partial charge on any atom is 0.442 e. The van der Waals surface area contributed by atoms with Crippen molar-refractivity contribution in [2.24, 2.45) is 5.41 Å². The van der Waals surface area contributed by atoms with E-state index in [2.05, 4.69) is 14.2 Å². The Morgan fingerprint density at radius 2 is 0.667 bits per heavy atom. The van der Waals surface area contributed by atoms with E-state index in [9.17, 15) is 88.6 Å². The molecular formula is C51H62F18O6. The highest BCUT2D eigenvalue weighted by Crippen LogP contribution is 2.56. The highest BCUT2D eigenvalue weighted by Gasteiger charge is 2.77.